The van der Waals surface area contributed by atoms with Crippen LogP contribution in [0.15, 0.2) is 0 Å². The second-order valence-electron chi connectivity index (χ2n) is 13.9. The van der Waals surface area contributed by atoms with Gasteiger partial charge in [0.05, 0.1) is 0 Å². The van der Waals surface area contributed by atoms with Crippen molar-refractivity contribution in [1.82, 2.24) is 16.0 Å². The van der Waals surface area contributed by atoms with Crippen LogP contribution >= 0.6 is 0 Å². The van der Waals surface area contributed by atoms with Gasteiger partial charge in [-0.25, -0.2) is 4.79 Å². The number of carboxylic acid groups (broad SMARTS) is 1. The van der Waals surface area contributed by atoms with E-state index in [-0.39, 0.29) is 43.5 Å². The zero-order chi connectivity index (χ0) is 37.1. The number of carbonyl (C=O) groups excluding carboxylic acids is 5. The summed E-state index contributed by atoms with van der Waals surface area (Å²) in [5, 5.41) is 17.0. The van der Waals surface area contributed by atoms with Gasteiger partial charge in [-0.3, -0.25) is 24.0 Å². The van der Waals surface area contributed by atoms with E-state index in [0.29, 0.717) is 58.8 Å². The fraction of sp³-hybridized carbons (Fsp3) is 0.829. The molecule has 0 saturated heterocycles. The number of rotatable bonds is 28. The fourth-order valence-electron chi connectivity index (χ4n) is 4.28. The molecule has 0 aliphatic carbocycles. The van der Waals surface area contributed by atoms with E-state index in [1.807, 2.05) is 20.8 Å². The number of carboxylic acids is 1. The number of nitrogens with one attached hydrogen (secondary N) is 3. The van der Waals surface area contributed by atoms with Crippen molar-refractivity contribution in [2.45, 2.75) is 149 Å². The van der Waals surface area contributed by atoms with Crippen molar-refractivity contribution in [3.05, 3.63) is 0 Å². The number of aliphatic carboxylic acids is 1. The Morgan fingerprint density at radius 2 is 1.02 bits per heavy atom. The molecule has 284 valence electrons. The van der Waals surface area contributed by atoms with Crippen molar-refractivity contribution in [3.63, 3.8) is 0 Å². The van der Waals surface area contributed by atoms with E-state index in [0.717, 1.165) is 44.9 Å². The van der Waals surface area contributed by atoms with E-state index in [1.54, 1.807) is 20.8 Å². The van der Waals surface area contributed by atoms with Crippen molar-refractivity contribution < 1.29 is 52.8 Å². The highest BCUT2D eigenvalue weighted by Crippen LogP contribution is 2.13. The molecule has 4 N–H and O–H groups in total. The maximum absolute atomic E-state index is 12.3. The molecule has 0 rings (SSSR count). The molecular formula is C35H63N3O11. The molecular weight excluding hydrogens is 638 g/mol. The molecule has 3 amide bonds. The lowest BCUT2D eigenvalue weighted by atomic mass is 10.1. The molecule has 0 aliphatic rings. The normalized spacial score (nSPS) is 12.1. The second kappa shape index (κ2) is 26.6. The van der Waals surface area contributed by atoms with Crippen molar-refractivity contribution in [3.8, 4) is 0 Å². The zero-order valence-corrected chi connectivity index (χ0v) is 30.7. The third kappa shape index (κ3) is 31.7. The van der Waals surface area contributed by atoms with E-state index in [4.69, 9.17) is 24.1 Å². The summed E-state index contributed by atoms with van der Waals surface area (Å²) in [5.41, 5.74) is -1.24. The smallest absolute Gasteiger partial charge is 0.329 e. The van der Waals surface area contributed by atoms with Crippen molar-refractivity contribution >= 4 is 35.6 Å². The van der Waals surface area contributed by atoms with Gasteiger partial charge in [-0.2, -0.15) is 0 Å². The lowest BCUT2D eigenvalue weighted by Crippen LogP contribution is -2.44. The molecule has 0 aromatic heterocycles. The molecule has 1 atom stereocenters. The maximum Gasteiger partial charge on any atom is 0.329 e. The summed E-state index contributed by atoms with van der Waals surface area (Å²) in [6.07, 6.45) is 6.68. The predicted octanol–water partition coefficient (Wildman–Crippen LogP) is 3.97. The largest absolute Gasteiger partial charge is 0.481 e. The average molecular weight is 702 g/mol. The molecule has 0 saturated carbocycles. The van der Waals surface area contributed by atoms with E-state index >= 15 is 0 Å². The highest BCUT2D eigenvalue weighted by atomic mass is 16.6. The maximum atomic E-state index is 12.3. The number of esters is 2. The number of ether oxygens (including phenoxy) is 4. The van der Waals surface area contributed by atoms with Gasteiger partial charge >= 0.3 is 17.9 Å². The molecule has 0 aromatic carbocycles. The van der Waals surface area contributed by atoms with Gasteiger partial charge in [-0.05, 0) is 86.5 Å². The van der Waals surface area contributed by atoms with Crippen LogP contribution in [0.3, 0.4) is 0 Å². The first-order valence-corrected chi connectivity index (χ1v) is 17.6. The van der Waals surface area contributed by atoms with Crippen LogP contribution in [-0.2, 0) is 47.7 Å². The fourth-order valence-corrected chi connectivity index (χ4v) is 4.28. The summed E-state index contributed by atoms with van der Waals surface area (Å²) < 4.78 is 21.7. The van der Waals surface area contributed by atoms with Crippen LogP contribution in [0.4, 0.5) is 0 Å². The zero-order valence-electron chi connectivity index (χ0n) is 30.7. The van der Waals surface area contributed by atoms with Crippen LogP contribution in [-0.4, -0.2) is 97.5 Å². The number of hydrogen-bond acceptors (Lipinski definition) is 10. The quantitative estimate of drug-likeness (QED) is 0.0681. The topological polar surface area (TPSA) is 196 Å². The third-order valence-corrected chi connectivity index (χ3v) is 6.61. The Bertz CT molecular complexity index is 990. The van der Waals surface area contributed by atoms with Gasteiger partial charge in [0.1, 0.15) is 17.2 Å². The first-order valence-electron chi connectivity index (χ1n) is 17.6. The number of carbonyl (C=O) groups is 6. The van der Waals surface area contributed by atoms with Gasteiger partial charge < -0.3 is 40.0 Å². The molecule has 14 heteroatoms. The Labute approximate surface area is 292 Å². The summed E-state index contributed by atoms with van der Waals surface area (Å²) in [5.74, 6) is -2.80. The lowest BCUT2D eigenvalue weighted by Gasteiger charge is -2.24. The summed E-state index contributed by atoms with van der Waals surface area (Å²) in [6.45, 7) is 13.8. The molecule has 0 aliphatic heterocycles. The van der Waals surface area contributed by atoms with Gasteiger partial charge in [-0.1, -0.05) is 12.8 Å². The van der Waals surface area contributed by atoms with Crippen molar-refractivity contribution in [2.24, 2.45) is 0 Å². The number of unbranched alkanes of at least 4 members (excludes halogenated alkanes) is 4. The SMILES string of the molecule is CC(C)(C)OC(=O)CCCCCCC(=O)NCCCOCCCCOCCCNC(=O)CCC(=O)N[C@@H](CCC(=O)O)C(=O)OC(C)(C)C. The molecule has 0 fully saturated rings. The first kappa shape index (κ1) is 45.7. The van der Waals surface area contributed by atoms with E-state index in [9.17, 15) is 28.8 Å². The van der Waals surface area contributed by atoms with Gasteiger partial charge in [-0.15, -0.1) is 0 Å². The van der Waals surface area contributed by atoms with E-state index < -0.39 is 35.1 Å². The van der Waals surface area contributed by atoms with Crippen molar-refractivity contribution in [1.29, 1.82) is 0 Å². The molecule has 0 aromatic rings. The third-order valence-electron chi connectivity index (χ3n) is 6.61. The summed E-state index contributed by atoms with van der Waals surface area (Å²) in [7, 11) is 0. The molecule has 49 heavy (non-hydrogen) atoms. The number of amides is 3. The second-order valence-corrected chi connectivity index (χ2v) is 13.9. The Morgan fingerprint density at radius 1 is 0.551 bits per heavy atom. The van der Waals surface area contributed by atoms with Crippen LogP contribution in [0.5, 0.6) is 0 Å². The van der Waals surface area contributed by atoms with Crippen LogP contribution in [0.25, 0.3) is 0 Å². The van der Waals surface area contributed by atoms with Gasteiger partial charge in [0.25, 0.3) is 0 Å². The molecule has 0 heterocycles. The Kier molecular flexibility index (Phi) is 24.8. The summed E-state index contributed by atoms with van der Waals surface area (Å²) in [6, 6.07) is -1.10. The summed E-state index contributed by atoms with van der Waals surface area (Å²) in [4.78, 5) is 71.2. The van der Waals surface area contributed by atoms with Crippen molar-refractivity contribution in [2.75, 3.05) is 39.5 Å². The minimum Gasteiger partial charge on any atom is -0.481 e. The molecule has 0 spiro atoms. The Balaban J connectivity index is 3.69. The highest BCUT2D eigenvalue weighted by Gasteiger charge is 2.27. The first-order chi connectivity index (χ1) is 23.0. The number of hydrogen-bond donors (Lipinski definition) is 4. The van der Waals surface area contributed by atoms with Gasteiger partial charge in [0, 0.05) is 71.6 Å². The average Bonchev–Trinajstić information content (AvgIpc) is 2.98. The molecule has 14 nitrogen and oxygen atoms in total. The van der Waals surface area contributed by atoms with Crippen LogP contribution in [0.1, 0.15) is 131 Å². The standard InChI is InChI=1S/C35H63N3O11/c1-34(2,3)48-32(44)16-10-8-7-9-15-28(39)36-21-13-25-46-23-11-12-24-47-26-14-22-37-29(40)18-19-30(41)38-27(17-20-31(42)43)33(45)49-35(4,5)6/h27H,7-26H2,1-6H3,(H,36,39)(H,37,40)(H,38,41)(H,42,43)/t27-/m0/s1. The lowest BCUT2D eigenvalue weighted by molar-refractivity contribution is -0.159. The van der Waals surface area contributed by atoms with Crippen LogP contribution in [0.2, 0.25) is 0 Å². The minimum atomic E-state index is -1.10. The Morgan fingerprint density at radius 3 is 1.53 bits per heavy atom. The molecule has 0 unspecified atom stereocenters. The monoisotopic (exact) mass is 701 g/mol. The Hall–Kier alpha value is -3.26. The van der Waals surface area contributed by atoms with Crippen LogP contribution < -0.4 is 16.0 Å². The highest BCUT2D eigenvalue weighted by molar-refractivity contribution is 5.87. The molecule has 0 radical (unpaired) electrons. The van der Waals surface area contributed by atoms with E-state index in [2.05, 4.69) is 16.0 Å². The molecule has 0 bridgehead atoms. The van der Waals surface area contributed by atoms with Gasteiger partial charge in [0.2, 0.25) is 17.7 Å². The minimum absolute atomic E-state index is 0.0350. The van der Waals surface area contributed by atoms with E-state index in [1.165, 1.54) is 0 Å². The predicted molar refractivity (Wildman–Crippen MR) is 184 cm³/mol. The van der Waals surface area contributed by atoms with Gasteiger partial charge in [0.15, 0.2) is 0 Å². The van der Waals surface area contributed by atoms with Crippen LogP contribution in [0, 0.1) is 0 Å². The summed E-state index contributed by atoms with van der Waals surface area (Å²) >= 11 is 0.